The molecule has 19 heavy (non-hydrogen) atoms. The predicted molar refractivity (Wildman–Crippen MR) is 77.7 cm³/mol. The van der Waals surface area contributed by atoms with Crippen LogP contribution in [0.3, 0.4) is 0 Å². The summed E-state index contributed by atoms with van der Waals surface area (Å²) in [7, 11) is 1.64. The molecule has 3 rings (SSSR count). The number of hydrogen-bond donors (Lipinski definition) is 1. The molecule has 98 valence electrons. The minimum atomic E-state index is -0.465. The van der Waals surface area contributed by atoms with Gasteiger partial charge in [0.25, 0.3) is 0 Å². The fraction of sp³-hybridized carbons (Fsp3) is 0.250. The van der Waals surface area contributed by atoms with Gasteiger partial charge in [-0.05, 0) is 35.7 Å². The van der Waals surface area contributed by atoms with Gasteiger partial charge in [-0.25, -0.2) is 0 Å². The molecule has 1 N–H and O–H groups in total. The first-order valence-electron chi connectivity index (χ1n) is 6.34. The van der Waals surface area contributed by atoms with Crippen molar-refractivity contribution in [3.05, 3.63) is 59.7 Å². The number of hydrogen-bond acceptors (Lipinski definition) is 3. The first kappa shape index (κ1) is 12.6. The molecular weight excluding hydrogens is 256 g/mol. The van der Waals surface area contributed by atoms with E-state index in [1.54, 1.807) is 18.9 Å². The van der Waals surface area contributed by atoms with E-state index in [0.717, 1.165) is 17.7 Å². The van der Waals surface area contributed by atoms with Crippen LogP contribution in [0.5, 0.6) is 5.75 Å². The Balaban J connectivity index is 1.80. The average Bonchev–Trinajstić information content (AvgIpc) is 2.90. The van der Waals surface area contributed by atoms with E-state index in [2.05, 4.69) is 18.2 Å². The maximum absolute atomic E-state index is 10.5. The Morgan fingerprint density at radius 2 is 2.05 bits per heavy atom. The van der Waals surface area contributed by atoms with Crippen molar-refractivity contribution in [2.24, 2.45) is 0 Å². The van der Waals surface area contributed by atoms with Crippen molar-refractivity contribution in [1.82, 2.24) is 0 Å². The minimum absolute atomic E-state index is 0.185. The molecule has 2 aromatic carbocycles. The Morgan fingerprint density at radius 1 is 1.21 bits per heavy atom. The summed E-state index contributed by atoms with van der Waals surface area (Å²) >= 11 is 1.76. The van der Waals surface area contributed by atoms with Crippen LogP contribution in [0.15, 0.2) is 53.4 Å². The molecule has 2 unspecified atom stereocenters. The summed E-state index contributed by atoms with van der Waals surface area (Å²) in [6.45, 7) is 0. The molecule has 0 fully saturated rings. The summed E-state index contributed by atoms with van der Waals surface area (Å²) in [5, 5.41) is 10.7. The molecule has 0 spiro atoms. The smallest absolute Gasteiger partial charge is 0.119 e. The Bertz CT molecular complexity index is 557. The largest absolute Gasteiger partial charge is 0.497 e. The zero-order valence-corrected chi connectivity index (χ0v) is 11.6. The molecule has 2 aromatic rings. The molecule has 1 heterocycles. The number of methoxy groups -OCH3 is 1. The molecule has 1 aliphatic heterocycles. The van der Waals surface area contributed by atoms with Crippen LogP contribution in [0, 0.1) is 0 Å². The second-order valence-corrected chi connectivity index (χ2v) is 5.97. The normalized spacial score (nSPS) is 18.9. The van der Waals surface area contributed by atoms with E-state index in [0.29, 0.717) is 0 Å². The maximum Gasteiger partial charge on any atom is 0.119 e. The van der Waals surface area contributed by atoms with Gasteiger partial charge in [0.05, 0.1) is 13.2 Å². The van der Waals surface area contributed by atoms with E-state index < -0.39 is 6.10 Å². The number of aliphatic hydroxyl groups excluding tert-OH is 1. The van der Waals surface area contributed by atoms with Gasteiger partial charge in [-0.1, -0.05) is 30.3 Å². The zero-order chi connectivity index (χ0) is 13.2. The lowest BCUT2D eigenvalue weighted by atomic mass is 10.0. The minimum Gasteiger partial charge on any atom is -0.497 e. The van der Waals surface area contributed by atoms with Crippen molar-refractivity contribution in [2.75, 3.05) is 7.11 Å². The van der Waals surface area contributed by atoms with Gasteiger partial charge < -0.3 is 9.84 Å². The Labute approximate surface area is 117 Å². The van der Waals surface area contributed by atoms with E-state index in [1.807, 2.05) is 30.3 Å². The highest BCUT2D eigenvalue weighted by molar-refractivity contribution is 8.00. The van der Waals surface area contributed by atoms with E-state index in [1.165, 1.54) is 10.5 Å². The predicted octanol–water partition coefficient (Wildman–Crippen LogP) is 3.45. The van der Waals surface area contributed by atoms with E-state index in [9.17, 15) is 5.11 Å². The van der Waals surface area contributed by atoms with Gasteiger partial charge in [0.1, 0.15) is 5.75 Å². The summed E-state index contributed by atoms with van der Waals surface area (Å²) in [5.74, 6) is 0.789. The highest BCUT2D eigenvalue weighted by atomic mass is 32.2. The van der Waals surface area contributed by atoms with Gasteiger partial charge in [0, 0.05) is 10.1 Å². The molecule has 3 heteroatoms. The van der Waals surface area contributed by atoms with Crippen LogP contribution >= 0.6 is 11.8 Å². The molecule has 0 saturated carbocycles. The van der Waals surface area contributed by atoms with Crippen LogP contribution in [0.2, 0.25) is 0 Å². The molecule has 0 aromatic heterocycles. The summed E-state index contributed by atoms with van der Waals surface area (Å²) in [6.07, 6.45) is 0.451. The van der Waals surface area contributed by atoms with Crippen molar-refractivity contribution in [3.63, 3.8) is 0 Å². The zero-order valence-electron chi connectivity index (χ0n) is 10.7. The van der Waals surface area contributed by atoms with Gasteiger partial charge in [0.2, 0.25) is 0 Å². The summed E-state index contributed by atoms with van der Waals surface area (Å²) in [6, 6.07) is 16.0. The highest BCUT2D eigenvalue weighted by Crippen LogP contribution is 2.42. The van der Waals surface area contributed by atoms with Crippen molar-refractivity contribution in [2.45, 2.75) is 22.7 Å². The first-order valence-corrected chi connectivity index (χ1v) is 7.22. The van der Waals surface area contributed by atoms with Crippen LogP contribution in [-0.4, -0.2) is 17.5 Å². The molecule has 2 nitrogen and oxygen atoms in total. The van der Waals surface area contributed by atoms with Gasteiger partial charge in [-0.2, -0.15) is 0 Å². The molecule has 0 aliphatic carbocycles. The molecule has 1 aliphatic rings. The second-order valence-electron chi connectivity index (χ2n) is 4.69. The highest BCUT2D eigenvalue weighted by Gasteiger charge is 2.29. The van der Waals surface area contributed by atoms with E-state index in [-0.39, 0.29) is 5.25 Å². The van der Waals surface area contributed by atoms with Crippen molar-refractivity contribution in [3.8, 4) is 5.75 Å². The Hall–Kier alpha value is -1.45. The van der Waals surface area contributed by atoms with Crippen LogP contribution < -0.4 is 4.74 Å². The summed E-state index contributed by atoms with van der Waals surface area (Å²) in [4.78, 5) is 1.29. The fourth-order valence-corrected chi connectivity index (χ4v) is 3.76. The van der Waals surface area contributed by atoms with Gasteiger partial charge in [0.15, 0.2) is 0 Å². The van der Waals surface area contributed by atoms with Gasteiger partial charge in [-0.3, -0.25) is 0 Å². The standard InChI is InChI=1S/C16H16O2S/c1-18-13-7-4-6-12(9-13)16(17)15-10-11-5-2-3-8-14(11)19-15/h2-9,15-17H,10H2,1H3. The van der Waals surface area contributed by atoms with Crippen molar-refractivity contribution in [1.29, 1.82) is 0 Å². The van der Waals surface area contributed by atoms with Crippen LogP contribution in [-0.2, 0) is 6.42 Å². The summed E-state index contributed by atoms with van der Waals surface area (Å²) in [5.41, 5.74) is 2.25. The number of benzene rings is 2. The molecule has 2 atom stereocenters. The van der Waals surface area contributed by atoms with Crippen LogP contribution in [0.25, 0.3) is 0 Å². The van der Waals surface area contributed by atoms with E-state index >= 15 is 0 Å². The van der Waals surface area contributed by atoms with Crippen molar-refractivity contribution < 1.29 is 9.84 Å². The second kappa shape index (κ2) is 5.27. The van der Waals surface area contributed by atoms with Crippen molar-refractivity contribution >= 4 is 11.8 Å². The molecule has 0 radical (unpaired) electrons. The lowest BCUT2D eigenvalue weighted by Crippen LogP contribution is -2.14. The third-order valence-electron chi connectivity index (χ3n) is 3.46. The third-order valence-corrected chi connectivity index (χ3v) is 4.84. The van der Waals surface area contributed by atoms with Crippen LogP contribution in [0.4, 0.5) is 0 Å². The lowest BCUT2D eigenvalue weighted by molar-refractivity contribution is 0.175. The monoisotopic (exact) mass is 272 g/mol. The SMILES string of the molecule is COc1cccc(C(O)C2Cc3ccccc3S2)c1. The summed E-state index contributed by atoms with van der Waals surface area (Å²) < 4.78 is 5.21. The number of aliphatic hydroxyl groups is 1. The van der Waals surface area contributed by atoms with Gasteiger partial charge >= 0.3 is 0 Å². The first-order chi connectivity index (χ1) is 9.28. The Morgan fingerprint density at radius 3 is 2.84 bits per heavy atom. The molecule has 0 saturated heterocycles. The topological polar surface area (TPSA) is 29.5 Å². The fourth-order valence-electron chi connectivity index (χ4n) is 2.43. The average molecular weight is 272 g/mol. The molecule has 0 bridgehead atoms. The molecule has 0 amide bonds. The number of thioether (sulfide) groups is 1. The third kappa shape index (κ3) is 2.48. The molecular formula is C16H16O2S. The quantitative estimate of drug-likeness (QED) is 0.928. The van der Waals surface area contributed by atoms with Crippen LogP contribution in [0.1, 0.15) is 17.2 Å². The maximum atomic E-state index is 10.5. The lowest BCUT2D eigenvalue weighted by Gasteiger charge is -2.18. The Kier molecular flexibility index (Phi) is 3.49. The number of rotatable bonds is 3. The van der Waals surface area contributed by atoms with Gasteiger partial charge in [-0.15, -0.1) is 11.8 Å². The van der Waals surface area contributed by atoms with E-state index in [4.69, 9.17) is 4.74 Å². The number of ether oxygens (including phenoxy) is 1. The number of fused-ring (bicyclic) bond motifs is 1.